The van der Waals surface area contributed by atoms with Gasteiger partial charge in [-0.15, -0.1) is 0 Å². The van der Waals surface area contributed by atoms with Crippen LogP contribution in [-0.4, -0.2) is 57.7 Å². The Morgan fingerprint density at radius 3 is 2.81 bits per heavy atom. The summed E-state index contributed by atoms with van der Waals surface area (Å²) in [5.41, 5.74) is 1.12. The van der Waals surface area contributed by atoms with Crippen molar-refractivity contribution in [2.75, 3.05) is 19.7 Å². The van der Waals surface area contributed by atoms with Gasteiger partial charge in [-0.05, 0) is 12.8 Å². The van der Waals surface area contributed by atoms with Crippen molar-refractivity contribution in [3.63, 3.8) is 0 Å². The van der Waals surface area contributed by atoms with Crippen LogP contribution in [0, 0.1) is 6.92 Å². The number of carbonyl (C=O) groups excluding carboxylic acids is 1. The predicted octanol–water partition coefficient (Wildman–Crippen LogP) is 0.834. The van der Waals surface area contributed by atoms with E-state index in [0.717, 1.165) is 0 Å². The van der Waals surface area contributed by atoms with Crippen molar-refractivity contribution in [1.82, 2.24) is 14.9 Å². The van der Waals surface area contributed by atoms with Crippen molar-refractivity contribution in [2.45, 2.75) is 32.8 Å². The maximum Gasteiger partial charge on any atom is 0.334 e. The number of carboxylic acid groups (broad SMARTS) is 1. The molecular weight excluding hydrogens is 274 g/mol. The fourth-order valence-corrected chi connectivity index (χ4v) is 2.25. The van der Waals surface area contributed by atoms with Gasteiger partial charge in [0, 0.05) is 12.7 Å². The van der Waals surface area contributed by atoms with Crippen LogP contribution in [0.1, 0.15) is 41.6 Å². The van der Waals surface area contributed by atoms with Gasteiger partial charge in [-0.3, -0.25) is 4.79 Å². The average Bonchev–Trinajstić information content (AvgIpc) is 2.46. The van der Waals surface area contributed by atoms with Gasteiger partial charge in [0.15, 0.2) is 6.10 Å². The molecule has 0 radical (unpaired) electrons. The summed E-state index contributed by atoms with van der Waals surface area (Å²) in [6.45, 7) is 6.31. The number of carbonyl (C=O) groups is 2. The van der Waals surface area contributed by atoms with Crippen molar-refractivity contribution in [3.8, 4) is 0 Å². The number of nitrogens with zero attached hydrogens (tertiary/aromatic N) is 3. The van der Waals surface area contributed by atoms with E-state index in [2.05, 4.69) is 9.97 Å². The fraction of sp³-hybridized carbons (Fsp3) is 0.571. The first-order chi connectivity index (χ1) is 9.90. The van der Waals surface area contributed by atoms with Gasteiger partial charge in [0.05, 0.1) is 24.4 Å². The van der Waals surface area contributed by atoms with Gasteiger partial charge in [-0.25, -0.2) is 14.8 Å². The minimum absolute atomic E-state index is 0.0412. The zero-order valence-electron chi connectivity index (χ0n) is 12.4. The molecule has 2 rings (SSSR count). The lowest BCUT2D eigenvalue weighted by Gasteiger charge is -2.31. The molecule has 0 spiro atoms. The lowest BCUT2D eigenvalue weighted by atomic mass is 10.0. The molecule has 1 aliphatic heterocycles. The molecule has 0 saturated carbocycles. The van der Waals surface area contributed by atoms with Gasteiger partial charge in [0.1, 0.15) is 5.82 Å². The van der Waals surface area contributed by atoms with Gasteiger partial charge in [0.2, 0.25) is 0 Å². The molecule has 1 unspecified atom stereocenters. The zero-order chi connectivity index (χ0) is 15.6. The third kappa shape index (κ3) is 3.36. The molecule has 1 fully saturated rings. The lowest BCUT2D eigenvalue weighted by Crippen LogP contribution is -2.48. The molecule has 0 aliphatic carbocycles. The van der Waals surface area contributed by atoms with Gasteiger partial charge >= 0.3 is 5.97 Å². The van der Waals surface area contributed by atoms with Crippen LogP contribution in [0.4, 0.5) is 0 Å². The molecule has 1 amide bonds. The van der Waals surface area contributed by atoms with E-state index in [0.29, 0.717) is 23.6 Å². The molecule has 1 saturated heterocycles. The van der Waals surface area contributed by atoms with Crippen molar-refractivity contribution in [3.05, 3.63) is 23.3 Å². The van der Waals surface area contributed by atoms with Crippen LogP contribution in [0.25, 0.3) is 0 Å². The molecule has 1 aromatic rings. The largest absolute Gasteiger partial charge is 0.479 e. The monoisotopic (exact) mass is 293 g/mol. The summed E-state index contributed by atoms with van der Waals surface area (Å²) in [5.74, 6) is -0.604. The van der Waals surface area contributed by atoms with Gasteiger partial charge in [-0.1, -0.05) is 13.8 Å². The maximum absolute atomic E-state index is 12.6. The summed E-state index contributed by atoms with van der Waals surface area (Å²) in [7, 11) is 0. The van der Waals surface area contributed by atoms with E-state index in [1.165, 1.54) is 11.1 Å². The van der Waals surface area contributed by atoms with Crippen LogP contribution in [0.15, 0.2) is 6.20 Å². The second-order valence-electron chi connectivity index (χ2n) is 5.32. The summed E-state index contributed by atoms with van der Waals surface area (Å²) < 4.78 is 5.13. The van der Waals surface area contributed by atoms with Crippen molar-refractivity contribution in [2.24, 2.45) is 0 Å². The smallest absolute Gasteiger partial charge is 0.334 e. The fourth-order valence-electron chi connectivity index (χ4n) is 2.25. The number of amides is 1. The SMILES string of the molecule is Cc1ncc(C(=O)N2CCOC(C(=O)O)C2)c(C(C)C)n1. The Morgan fingerprint density at radius 1 is 1.48 bits per heavy atom. The normalized spacial score (nSPS) is 18.9. The number of aliphatic carboxylic acids is 1. The number of rotatable bonds is 3. The van der Waals surface area contributed by atoms with Crippen LogP contribution in [0.2, 0.25) is 0 Å². The number of hydrogen-bond donors (Lipinski definition) is 1. The van der Waals surface area contributed by atoms with E-state index >= 15 is 0 Å². The topological polar surface area (TPSA) is 92.6 Å². The number of morpholine rings is 1. The molecule has 21 heavy (non-hydrogen) atoms. The van der Waals surface area contributed by atoms with E-state index in [9.17, 15) is 9.59 Å². The van der Waals surface area contributed by atoms with E-state index in [1.54, 1.807) is 6.92 Å². The Morgan fingerprint density at radius 2 is 2.19 bits per heavy atom. The van der Waals surface area contributed by atoms with Crippen LogP contribution in [-0.2, 0) is 9.53 Å². The Hall–Kier alpha value is -2.02. The van der Waals surface area contributed by atoms with Crippen molar-refractivity contribution >= 4 is 11.9 Å². The Kier molecular flexibility index (Phi) is 4.52. The second kappa shape index (κ2) is 6.17. The highest BCUT2D eigenvalue weighted by Crippen LogP contribution is 2.19. The number of aryl methyl sites for hydroxylation is 1. The molecule has 2 heterocycles. The molecule has 1 atom stereocenters. The maximum atomic E-state index is 12.6. The molecule has 0 aromatic carbocycles. The first-order valence-corrected chi connectivity index (χ1v) is 6.87. The highest BCUT2D eigenvalue weighted by atomic mass is 16.5. The predicted molar refractivity (Wildman–Crippen MR) is 74.1 cm³/mol. The van der Waals surface area contributed by atoms with Crippen LogP contribution < -0.4 is 0 Å². The van der Waals surface area contributed by atoms with Crippen molar-refractivity contribution < 1.29 is 19.4 Å². The first kappa shape index (κ1) is 15.4. The van der Waals surface area contributed by atoms with Crippen molar-refractivity contribution in [1.29, 1.82) is 0 Å². The summed E-state index contributed by atoms with van der Waals surface area (Å²) in [4.78, 5) is 33.5. The molecule has 1 aliphatic rings. The number of hydrogen-bond acceptors (Lipinski definition) is 5. The second-order valence-corrected chi connectivity index (χ2v) is 5.32. The van der Waals surface area contributed by atoms with E-state index in [4.69, 9.17) is 9.84 Å². The minimum Gasteiger partial charge on any atom is -0.479 e. The average molecular weight is 293 g/mol. The Labute approximate surface area is 123 Å². The minimum atomic E-state index is -1.06. The number of carboxylic acids is 1. The molecule has 7 heteroatoms. The molecule has 114 valence electrons. The lowest BCUT2D eigenvalue weighted by molar-refractivity contribution is -0.154. The molecular formula is C14H19N3O4. The van der Waals surface area contributed by atoms with E-state index in [1.807, 2.05) is 13.8 Å². The van der Waals surface area contributed by atoms with Gasteiger partial charge in [0.25, 0.3) is 5.91 Å². The standard InChI is InChI=1S/C14H19N3O4/c1-8(2)12-10(6-15-9(3)16-12)13(18)17-4-5-21-11(7-17)14(19)20/h6,8,11H,4-5,7H2,1-3H3,(H,19,20). The first-order valence-electron chi connectivity index (χ1n) is 6.87. The highest BCUT2D eigenvalue weighted by molar-refractivity contribution is 5.95. The molecule has 0 bridgehead atoms. The Bertz CT molecular complexity index is 559. The zero-order valence-corrected chi connectivity index (χ0v) is 12.4. The summed E-state index contributed by atoms with van der Waals surface area (Å²) >= 11 is 0. The third-order valence-electron chi connectivity index (χ3n) is 3.35. The number of ether oxygens (including phenoxy) is 1. The molecule has 7 nitrogen and oxygen atoms in total. The Balaban J connectivity index is 2.25. The molecule has 1 N–H and O–H groups in total. The van der Waals surface area contributed by atoms with Gasteiger partial charge < -0.3 is 14.7 Å². The van der Waals surface area contributed by atoms with E-state index in [-0.39, 0.29) is 25.0 Å². The summed E-state index contributed by atoms with van der Waals surface area (Å²) in [6, 6.07) is 0. The highest BCUT2D eigenvalue weighted by Gasteiger charge is 2.31. The number of aromatic nitrogens is 2. The van der Waals surface area contributed by atoms with Crippen LogP contribution in [0.3, 0.4) is 0 Å². The third-order valence-corrected chi connectivity index (χ3v) is 3.35. The summed E-state index contributed by atoms with van der Waals surface area (Å²) in [5, 5.41) is 9.00. The molecule has 1 aromatic heterocycles. The van der Waals surface area contributed by atoms with Crippen LogP contribution in [0.5, 0.6) is 0 Å². The summed E-state index contributed by atoms with van der Waals surface area (Å²) in [6.07, 6.45) is 0.544. The van der Waals surface area contributed by atoms with E-state index < -0.39 is 12.1 Å². The quantitative estimate of drug-likeness (QED) is 0.887. The van der Waals surface area contributed by atoms with Gasteiger partial charge in [-0.2, -0.15) is 0 Å². The van der Waals surface area contributed by atoms with Crippen LogP contribution >= 0.6 is 0 Å².